The van der Waals surface area contributed by atoms with Gasteiger partial charge >= 0.3 is 5.69 Å². The first-order valence-corrected chi connectivity index (χ1v) is 4.59. The number of aromatic nitrogens is 2. The van der Waals surface area contributed by atoms with E-state index in [2.05, 4.69) is 4.98 Å². The maximum atomic E-state index is 11.6. The van der Waals surface area contributed by atoms with Crippen molar-refractivity contribution >= 4 is 16.8 Å². The summed E-state index contributed by atoms with van der Waals surface area (Å²) in [6.07, 6.45) is 0. The largest absolute Gasteiger partial charge is 0.347 e. The first-order chi connectivity index (χ1) is 8.04. The molecule has 0 fully saturated rings. The second kappa shape index (κ2) is 3.76. The fraction of sp³-hybridized carbons (Fsp3) is 0. The van der Waals surface area contributed by atoms with Gasteiger partial charge < -0.3 is 10.8 Å². The van der Waals surface area contributed by atoms with Gasteiger partial charge in [-0.2, -0.15) is 4.68 Å². The van der Waals surface area contributed by atoms with E-state index in [1.807, 2.05) is 5.43 Å². The molecule has 1 amide bonds. The van der Waals surface area contributed by atoms with Gasteiger partial charge in [-0.3, -0.25) is 15.0 Å². The molecule has 6 N–H and O–H groups in total. The van der Waals surface area contributed by atoms with Crippen molar-refractivity contribution in [2.75, 3.05) is 5.84 Å². The Morgan fingerprint density at radius 2 is 2.06 bits per heavy atom. The Balaban J connectivity index is 2.80. The number of nitrogens with one attached hydrogen (secondary N) is 2. The molecule has 88 valence electrons. The maximum absolute atomic E-state index is 11.6. The minimum Gasteiger partial charge on any atom is -0.332 e. The molecule has 8 heteroatoms. The van der Waals surface area contributed by atoms with Gasteiger partial charge in [0.05, 0.1) is 10.9 Å². The van der Waals surface area contributed by atoms with Crippen LogP contribution in [0.5, 0.6) is 0 Å². The van der Waals surface area contributed by atoms with Gasteiger partial charge in [-0.15, -0.1) is 0 Å². The zero-order valence-electron chi connectivity index (χ0n) is 8.56. The number of H-pyrrole nitrogens is 1. The first kappa shape index (κ1) is 10.9. The highest BCUT2D eigenvalue weighted by atomic mass is 16.2. The van der Waals surface area contributed by atoms with Crippen LogP contribution in [0.3, 0.4) is 0 Å². The number of nitrogen functional groups attached to an aromatic ring is 2. The van der Waals surface area contributed by atoms with E-state index < -0.39 is 17.2 Å². The SMILES string of the molecule is NNC(=O)c1ccc2c(=O)n(N)c(=O)[nH]c2c1. The van der Waals surface area contributed by atoms with Crippen LogP contribution >= 0.6 is 0 Å². The van der Waals surface area contributed by atoms with E-state index in [1.54, 1.807) is 0 Å². The lowest BCUT2D eigenvalue weighted by molar-refractivity contribution is 0.0954. The van der Waals surface area contributed by atoms with Crippen LogP contribution in [0.2, 0.25) is 0 Å². The normalized spacial score (nSPS) is 10.4. The molecule has 0 saturated heterocycles. The van der Waals surface area contributed by atoms with Crippen LogP contribution in [0.4, 0.5) is 0 Å². The predicted octanol–water partition coefficient (Wildman–Crippen LogP) is -1.99. The van der Waals surface area contributed by atoms with Crippen molar-refractivity contribution in [3.05, 3.63) is 44.6 Å². The fourth-order valence-electron chi connectivity index (χ4n) is 1.46. The smallest absolute Gasteiger partial charge is 0.332 e. The Hall–Kier alpha value is -2.61. The molecule has 17 heavy (non-hydrogen) atoms. The minimum atomic E-state index is -0.757. The van der Waals surface area contributed by atoms with Crippen LogP contribution < -0.4 is 28.4 Å². The van der Waals surface area contributed by atoms with Crippen molar-refractivity contribution in [2.24, 2.45) is 5.84 Å². The average molecular weight is 235 g/mol. The molecule has 0 bridgehead atoms. The molecule has 0 saturated carbocycles. The summed E-state index contributed by atoms with van der Waals surface area (Å²) in [5.41, 5.74) is 1.01. The van der Waals surface area contributed by atoms with E-state index in [-0.39, 0.29) is 16.5 Å². The van der Waals surface area contributed by atoms with Gasteiger partial charge in [-0.05, 0) is 18.2 Å². The molecule has 1 heterocycles. The summed E-state index contributed by atoms with van der Waals surface area (Å²) in [5.74, 6) is 9.68. The molecule has 0 spiro atoms. The van der Waals surface area contributed by atoms with Crippen molar-refractivity contribution in [2.45, 2.75) is 0 Å². The van der Waals surface area contributed by atoms with E-state index in [0.29, 0.717) is 4.68 Å². The number of fused-ring (bicyclic) bond motifs is 1. The molecule has 1 aromatic carbocycles. The van der Waals surface area contributed by atoms with Crippen LogP contribution in [0.1, 0.15) is 10.4 Å². The lowest BCUT2D eigenvalue weighted by atomic mass is 10.1. The highest BCUT2D eigenvalue weighted by molar-refractivity contribution is 5.97. The molecule has 2 aromatic rings. The molecule has 0 aliphatic heterocycles. The van der Waals surface area contributed by atoms with Gasteiger partial charge in [-0.25, -0.2) is 10.6 Å². The predicted molar refractivity (Wildman–Crippen MR) is 60.6 cm³/mol. The summed E-state index contributed by atoms with van der Waals surface area (Å²) in [5, 5.41) is 0.209. The third-order valence-electron chi connectivity index (χ3n) is 2.32. The number of benzene rings is 1. The standard InChI is InChI=1S/C9H9N5O3/c10-13-7(15)4-1-2-5-6(3-4)12-9(17)14(11)8(5)16/h1-3H,10-11H2,(H,12,17)(H,13,15). The van der Waals surface area contributed by atoms with Crippen LogP contribution in [0.25, 0.3) is 10.9 Å². The number of nitrogens with zero attached hydrogens (tertiary/aromatic N) is 1. The van der Waals surface area contributed by atoms with E-state index >= 15 is 0 Å². The van der Waals surface area contributed by atoms with Crippen molar-refractivity contribution < 1.29 is 4.79 Å². The van der Waals surface area contributed by atoms with Crippen LogP contribution in [-0.2, 0) is 0 Å². The number of nitrogens with two attached hydrogens (primary N) is 2. The molecule has 0 unspecified atom stereocenters. The molecular weight excluding hydrogens is 226 g/mol. The quantitative estimate of drug-likeness (QED) is 0.257. The number of carbonyl (C=O) groups is 1. The second-order valence-electron chi connectivity index (χ2n) is 3.34. The second-order valence-corrected chi connectivity index (χ2v) is 3.34. The van der Waals surface area contributed by atoms with Gasteiger partial charge in [0, 0.05) is 5.56 Å². The first-order valence-electron chi connectivity index (χ1n) is 4.59. The van der Waals surface area contributed by atoms with E-state index in [9.17, 15) is 14.4 Å². The molecule has 0 atom stereocenters. The van der Waals surface area contributed by atoms with Gasteiger partial charge in [0.1, 0.15) is 0 Å². The van der Waals surface area contributed by atoms with Crippen LogP contribution in [0, 0.1) is 0 Å². The fourth-order valence-corrected chi connectivity index (χ4v) is 1.46. The summed E-state index contributed by atoms with van der Waals surface area (Å²) in [4.78, 5) is 36.5. The Labute approximate surface area is 93.8 Å². The lowest BCUT2D eigenvalue weighted by Crippen LogP contribution is -2.40. The van der Waals surface area contributed by atoms with Crippen molar-refractivity contribution in [3.63, 3.8) is 0 Å². The number of rotatable bonds is 1. The molecular formula is C9H9N5O3. The monoisotopic (exact) mass is 235 g/mol. The highest BCUT2D eigenvalue weighted by Gasteiger charge is 2.08. The number of carbonyl (C=O) groups excluding carboxylic acids is 1. The van der Waals surface area contributed by atoms with Gasteiger partial charge in [-0.1, -0.05) is 0 Å². The lowest BCUT2D eigenvalue weighted by Gasteiger charge is -2.03. The molecule has 0 radical (unpaired) electrons. The van der Waals surface area contributed by atoms with Crippen LogP contribution in [-0.4, -0.2) is 15.6 Å². The summed E-state index contributed by atoms with van der Waals surface area (Å²) >= 11 is 0. The van der Waals surface area contributed by atoms with E-state index in [0.717, 1.165) is 0 Å². The Morgan fingerprint density at radius 3 is 2.71 bits per heavy atom. The molecule has 0 aliphatic carbocycles. The summed E-state index contributed by atoms with van der Waals surface area (Å²) in [6.45, 7) is 0. The Bertz CT molecular complexity index is 715. The van der Waals surface area contributed by atoms with E-state index in [4.69, 9.17) is 11.7 Å². The summed E-state index contributed by atoms with van der Waals surface area (Å²) < 4.78 is 0.463. The van der Waals surface area contributed by atoms with Gasteiger partial charge in [0.25, 0.3) is 11.5 Å². The molecule has 2 rings (SSSR count). The molecule has 1 aromatic heterocycles. The average Bonchev–Trinajstić information content (AvgIpc) is 2.34. The van der Waals surface area contributed by atoms with Gasteiger partial charge in [0.15, 0.2) is 0 Å². The highest BCUT2D eigenvalue weighted by Crippen LogP contribution is 2.08. The van der Waals surface area contributed by atoms with Crippen LogP contribution in [0.15, 0.2) is 27.8 Å². The third kappa shape index (κ3) is 1.66. The number of hydrogen-bond acceptors (Lipinski definition) is 5. The number of hydrazine groups is 1. The number of amides is 1. The maximum Gasteiger partial charge on any atom is 0.347 e. The summed E-state index contributed by atoms with van der Waals surface area (Å²) in [6, 6.07) is 4.14. The Morgan fingerprint density at radius 1 is 1.35 bits per heavy atom. The zero-order valence-corrected chi connectivity index (χ0v) is 8.56. The minimum absolute atomic E-state index is 0.209. The third-order valence-corrected chi connectivity index (χ3v) is 2.32. The van der Waals surface area contributed by atoms with Crippen molar-refractivity contribution in [3.8, 4) is 0 Å². The number of aromatic amines is 1. The van der Waals surface area contributed by atoms with E-state index in [1.165, 1.54) is 18.2 Å². The zero-order chi connectivity index (χ0) is 12.6. The number of hydrogen-bond donors (Lipinski definition) is 4. The topological polar surface area (TPSA) is 136 Å². The van der Waals surface area contributed by atoms with Gasteiger partial charge in [0.2, 0.25) is 0 Å². The summed E-state index contributed by atoms with van der Waals surface area (Å²) in [7, 11) is 0. The van der Waals surface area contributed by atoms with Crippen molar-refractivity contribution in [1.29, 1.82) is 0 Å². The van der Waals surface area contributed by atoms with Crippen molar-refractivity contribution in [1.82, 2.24) is 15.1 Å². The Kier molecular flexibility index (Phi) is 2.41. The molecule has 8 nitrogen and oxygen atoms in total. The molecule has 0 aliphatic rings.